The van der Waals surface area contributed by atoms with Gasteiger partial charge in [0, 0.05) is 12.6 Å². The molecule has 1 saturated carbocycles. The number of hydrogen-bond acceptors (Lipinski definition) is 4. The minimum atomic E-state index is -0.460. The molecule has 0 bridgehead atoms. The molecule has 19 heavy (non-hydrogen) atoms. The second kappa shape index (κ2) is 7.25. The van der Waals surface area contributed by atoms with Crippen LogP contribution in [0.1, 0.15) is 46.5 Å². The monoisotopic (exact) mass is 270 g/mol. The maximum absolute atomic E-state index is 12.1. The van der Waals surface area contributed by atoms with Gasteiger partial charge in [0.2, 0.25) is 0 Å². The lowest BCUT2D eigenvalue weighted by atomic mass is 9.97. The van der Waals surface area contributed by atoms with Crippen LogP contribution in [0.25, 0.3) is 0 Å². The number of likely N-dealkylation sites (N-methyl/N-ethyl adjacent to an activating group) is 1. The number of ether oxygens (including phenoxy) is 1. The molecule has 0 spiro atoms. The number of esters is 1. The molecule has 0 amide bonds. The average Bonchev–Trinajstić information content (AvgIpc) is 2.83. The molecule has 112 valence electrons. The number of rotatable bonds is 7. The van der Waals surface area contributed by atoms with Gasteiger partial charge < -0.3 is 15.0 Å². The van der Waals surface area contributed by atoms with Gasteiger partial charge in [-0.25, -0.2) is 0 Å². The summed E-state index contributed by atoms with van der Waals surface area (Å²) in [7, 11) is 3.66. The second-order valence-corrected chi connectivity index (χ2v) is 5.95. The van der Waals surface area contributed by atoms with E-state index in [1.165, 1.54) is 13.5 Å². The van der Waals surface area contributed by atoms with Gasteiger partial charge in [-0.2, -0.15) is 0 Å². The van der Waals surface area contributed by atoms with Crippen molar-refractivity contribution in [3.05, 3.63) is 0 Å². The maximum Gasteiger partial charge on any atom is 0.326 e. The normalized spacial score (nSPS) is 28.6. The minimum Gasteiger partial charge on any atom is -0.468 e. The highest BCUT2D eigenvalue weighted by Crippen LogP contribution is 2.34. The van der Waals surface area contributed by atoms with Crippen molar-refractivity contribution in [2.24, 2.45) is 5.92 Å². The van der Waals surface area contributed by atoms with Crippen molar-refractivity contribution in [1.29, 1.82) is 0 Å². The topological polar surface area (TPSA) is 41.6 Å². The Morgan fingerprint density at radius 3 is 2.74 bits per heavy atom. The Hall–Kier alpha value is -0.610. The molecule has 1 aliphatic rings. The van der Waals surface area contributed by atoms with Crippen molar-refractivity contribution in [2.45, 2.75) is 58.0 Å². The highest BCUT2D eigenvalue weighted by Gasteiger charge is 2.46. The Kier molecular flexibility index (Phi) is 6.27. The summed E-state index contributed by atoms with van der Waals surface area (Å²) in [5.41, 5.74) is -0.460. The van der Waals surface area contributed by atoms with E-state index in [0.717, 1.165) is 32.4 Å². The number of carbonyl (C=O) groups is 1. The fourth-order valence-electron chi connectivity index (χ4n) is 3.12. The van der Waals surface area contributed by atoms with Crippen LogP contribution in [0.5, 0.6) is 0 Å². The first-order chi connectivity index (χ1) is 8.99. The van der Waals surface area contributed by atoms with Gasteiger partial charge in [-0.15, -0.1) is 0 Å². The fraction of sp³-hybridized carbons (Fsp3) is 0.933. The number of nitrogens with zero attached hydrogens (tertiary/aromatic N) is 1. The van der Waals surface area contributed by atoms with Crippen LogP contribution in [-0.2, 0) is 9.53 Å². The molecule has 1 rings (SSSR count). The van der Waals surface area contributed by atoms with Crippen LogP contribution in [0.2, 0.25) is 0 Å². The Labute approximate surface area is 117 Å². The first kappa shape index (κ1) is 16.4. The Balaban J connectivity index is 2.65. The molecule has 0 aromatic heterocycles. The highest BCUT2D eigenvalue weighted by atomic mass is 16.5. The Morgan fingerprint density at radius 2 is 2.21 bits per heavy atom. The van der Waals surface area contributed by atoms with E-state index >= 15 is 0 Å². The zero-order valence-electron chi connectivity index (χ0n) is 13.2. The van der Waals surface area contributed by atoms with E-state index in [-0.39, 0.29) is 5.97 Å². The van der Waals surface area contributed by atoms with Gasteiger partial charge in [0.05, 0.1) is 7.11 Å². The third-order valence-electron chi connectivity index (χ3n) is 4.50. The van der Waals surface area contributed by atoms with Crippen LogP contribution >= 0.6 is 0 Å². The fourth-order valence-corrected chi connectivity index (χ4v) is 3.12. The van der Waals surface area contributed by atoms with E-state index in [9.17, 15) is 4.79 Å². The minimum absolute atomic E-state index is 0.103. The van der Waals surface area contributed by atoms with Gasteiger partial charge in [-0.3, -0.25) is 4.79 Å². The van der Waals surface area contributed by atoms with Crippen LogP contribution in [-0.4, -0.2) is 49.7 Å². The van der Waals surface area contributed by atoms with Gasteiger partial charge >= 0.3 is 5.97 Å². The maximum atomic E-state index is 12.1. The number of nitrogens with one attached hydrogen (secondary N) is 1. The lowest BCUT2D eigenvalue weighted by molar-refractivity contribution is -0.148. The summed E-state index contributed by atoms with van der Waals surface area (Å²) in [6.07, 6.45) is 4.00. The summed E-state index contributed by atoms with van der Waals surface area (Å²) in [4.78, 5) is 14.5. The van der Waals surface area contributed by atoms with E-state index in [1.54, 1.807) is 0 Å². The lowest BCUT2D eigenvalue weighted by Gasteiger charge is -2.30. The third-order valence-corrected chi connectivity index (χ3v) is 4.50. The molecular formula is C15H30N2O2. The molecule has 1 aliphatic carbocycles. The van der Waals surface area contributed by atoms with Crippen molar-refractivity contribution in [1.82, 2.24) is 10.2 Å². The summed E-state index contributed by atoms with van der Waals surface area (Å²) >= 11 is 0. The zero-order chi connectivity index (χ0) is 14.5. The standard InChI is InChI=1S/C15H30N2O2/c1-6-12(3)11-17(4)13-8-9-15(10-13,16-7-2)14(18)19-5/h12-13,16H,6-11H2,1-5H3. The van der Waals surface area contributed by atoms with Crippen molar-refractivity contribution in [3.63, 3.8) is 0 Å². The molecule has 1 N–H and O–H groups in total. The SMILES string of the molecule is CCNC1(C(=O)OC)CCC(N(C)CC(C)CC)C1. The number of carbonyl (C=O) groups excluding carboxylic acids is 1. The predicted molar refractivity (Wildman–Crippen MR) is 78.1 cm³/mol. The molecule has 1 fully saturated rings. The van der Waals surface area contributed by atoms with Crippen LogP contribution in [0.15, 0.2) is 0 Å². The molecule has 0 aromatic rings. The van der Waals surface area contributed by atoms with Crippen LogP contribution in [0.4, 0.5) is 0 Å². The van der Waals surface area contributed by atoms with Gasteiger partial charge in [-0.1, -0.05) is 27.2 Å². The van der Waals surface area contributed by atoms with Crippen molar-refractivity contribution < 1.29 is 9.53 Å². The molecule has 0 aromatic carbocycles. The number of methoxy groups -OCH3 is 1. The first-order valence-electron chi connectivity index (χ1n) is 7.52. The van der Waals surface area contributed by atoms with E-state index in [0.29, 0.717) is 12.0 Å². The molecular weight excluding hydrogens is 240 g/mol. The van der Waals surface area contributed by atoms with Gasteiger partial charge in [-0.05, 0) is 38.8 Å². The molecule has 0 heterocycles. The van der Waals surface area contributed by atoms with E-state index in [2.05, 4.69) is 31.1 Å². The Bertz CT molecular complexity index is 296. The van der Waals surface area contributed by atoms with Crippen LogP contribution in [0, 0.1) is 5.92 Å². The highest BCUT2D eigenvalue weighted by molar-refractivity contribution is 5.81. The average molecular weight is 270 g/mol. The largest absolute Gasteiger partial charge is 0.468 e. The van der Waals surface area contributed by atoms with Gasteiger partial charge in [0.1, 0.15) is 5.54 Å². The zero-order valence-corrected chi connectivity index (χ0v) is 13.2. The van der Waals surface area contributed by atoms with E-state index in [4.69, 9.17) is 4.74 Å². The molecule has 3 unspecified atom stereocenters. The number of hydrogen-bond donors (Lipinski definition) is 1. The van der Waals surface area contributed by atoms with Crippen molar-refractivity contribution in [3.8, 4) is 0 Å². The molecule has 4 nitrogen and oxygen atoms in total. The van der Waals surface area contributed by atoms with E-state index < -0.39 is 5.54 Å². The molecule has 4 heteroatoms. The third kappa shape index (κ3) is 3.93. The van der Waals surface area contributed by atoms with Gasteiger partial charge in [0.25, 0.3) is 0 Å². The van der Waals surface area contributed by atoms with Gasteiger partial charge in [0.15, 0.2) is 0 Å². The summed E-state index contributed by atoms with van der Waals surface area (Å²) in [5, 5.41) is 3.36. The second-order valence-electron chi connectivity index (χ2n) is 5.95. The van der Waals surface area contributed by atoms with Crippen LogP contribution in [0.3, 0.4) is 0 Å². The van der Waals surface area contributed by atoms with Crippen LogP contribution < -0.4 is 5.32 Å². The lowest BCUT2D eigenvalue weighted by Crippen LogP contribution is -2.51. The van der Waals surface area contributed by atoms with E-state index in [1.807, 2.05) is 6.92 Å². The van der Waals surface area contributed by atoms with Crippen molar-refractivity contribution in [2.75, 3.05) is 27.2 Å². The summed E-state index contributed by atoms with van der Waals surface area (Å²) in [6.45, 7) is 8.45. The Morgan fingerprint density at radius 1 is 1.53 bits per heavy atom. The summed E-state index contributed by atoms with van der Waals surface area (Å²) < 4.78 is 5.00. The molecule has 3 atom stereocenters. The predicted octanol–water partition coefficient (Wildman–Crippen LogP) is 2.04. The van der Waals surface area contributed by atoms with Crippen molar-refractivity contribution >= 4 is 5.97 Å². The first-order valence-corrected chi connectivity index (χ1v) is 7.52. The summed E-state index contributed by atoms with van der Waals surface area (Å²) in [6, 6.07) is 0.479. The molecule has 0 radical (unpaired) electrons. The quantitative estimate of drug-likeness (QED) is 0.719. The molecule has 0 aliphatic heterocycles. The summed E-state index contributed by atoms with van der Waals surface area (Å²) in [5.74, 6) is 0.603. The molecule has 0 saturated heterocycles. The smallest absolute Gasteiger partial charge is 0.326 e.